The highest BCUT2D eigenvalue weighted by Crippen LogP contribution is 2.51. The molecular formula is C18H33N. The van der Waals surface area contributed by atoms with Gasteiger partial charge in [-0.2, -0.15) is 0 Å². The number of fused-ring (bicyclic) bond motifs is 2. The Balaban J connectivity index is 1.66. The van der Waals surface area contributed by atoms with Crippen LogP contribution in [0.5, 0.6) is 0 Å². The van der Waals surface area contributed by atoms with Crippen LogP contribution in [0.15, 0.2) is 0 Å². The molecule has 3 aliphatic rings. The Morgan fingerprint density at radius 1 is 1.00 bits per heavy atom. The number of nitrogens with one attached hydrogen (secondary N) is 1. The van der Waals surface area contributed by atoms with Crippen LogP contribution in [0.3, 0.4) is 0 Å². The molecule has 0 saturated heterocycles. The van der Waals surface area contributed by atoms with Crippen molar-refractivity contribution in [2.24, 2.45) is 29.6 Å². The fourth-order valence-electron chi connectivity index (χ4n) is 5.67. The molecule has 0 aromatic heterocycles. The van der Waals surface area contributed by atoms with Gasteiger partial charge in [0, 0.05) is 6.04 Å². The van der Waals surface area contributed by atoms with Crippen LogP contribution in [0.25, 0.3) is 0 Å². The molecular weight excluding hydrogens is 230 g/mol. The Labute approximate surface area is 119 Å². The maximum Gasteiger partial charge on any atom is 0.0126 e. The quantitative estimate of drug-likeness (QED) is 0.763. The van der Waals surface area contributed by atoms with Crippen molar-refractivity contribution < 1.29 is 0 Å². The lowest BCUT2D eigenvalue weighted by atomic mass is 9.70. The molecule has 1 nitrogen and oxygen atoms in total. The number of hydrogen-bond acceptors (Lipinski definition) is 1. The molecule has 0 heterocycles. The molecule has 2 bridgehead atoms. The highest BCUT2D eigenvalue weighted by atomic mass is 14.9. The molecule has 3 aliphatic carbocycles. The average Bonchev–Trinajstić information content (AvgIpc) is 3.07. The Hall–Kier alpha value is -0.0400. The maximum atomic E-state index is 3.92. The number of hydrogen-bond donors (Lipinski definition) is 1. The van der Waals surface area contributed by atoms with E-state index in [1.807, 2.05) is 0 Å². The summed E-state index contributed by atoms with van der Waals surface area (Å²) in [6.45, 7) is 5.87. The molecule has 19 heavy (non-hydrogen) atoms. The second-order valence-corrected chi connectivity index (χ2v) is 7.62. The summed E-state index contributed by atoms with van der Waals surface area (Å²) in [6, 6.07) is 0.856. The lowest BCUT2D eigenvalue weighted by Gasteiger charge is -2.40. The van der Waals surface area contributed by atoms with Crippen molar-refractivity contribution >= 4 is 0 Å². The molecule has 1 N–H and O–H groups in total. The second-order valence-electron chi connectivity index (χ2n) is 7.62. The highest BCUT2D eigenvalue weighted by Gasteiger charge is 2.45. The predicted octanol–water partition coefficient (Wildman–Crippen LogP) is 4.62. The standard InChI is InChI=1S/C18H33N/c1-3-13-6-5-7-16(10-13)18(19-4-2)17-12-14-8-9-15(17)11-14/h13-19H,3-12H2,1-2H3. The van der Waals surface area contributed by atoms with Crippen molar-refractivity contribution in [1.29, 1.82) is 0 Å². The summed E-state index contributed by atoms with van der Waals surface area (Å²) >= 11 is 0. The molecule has 0 radical (unpaired) electrons. The van der Waals surface area contributed by atoms with Gasteiger partial charge < -0.3 is 5.32 Å². The van der Waals surface area contributed by atoms with E-state index in [4.69, 9.17) is 0 Å². The molecule has 0 aromatic carbocycles. The topological polar surface area (TPSA) is 12.0 Å². The minimum Gasteiger partial charge on any atom is -0.314 e. The van der Waals surface area contributed by atoms with Crippen LogP contribution in [-0.2, 0) is 0 Å². The van der Waals surface area contributed by atoms with Crippen LogP contribution in [-0.4, -0.2) is 12.6 Å². The van der Waals surface area contributed by atoms with Gasteiger partial charge in [-0.25, -0.2) is 0 Å². The fraction of sp³-hybridized carbons (Fsp3) is 1.00. The first-order chi connectivity index (χ1) is 9.31. The predicted molar refractivity (Wildman–Crippen MR) is 82.1 cm³/mol. The van der Waals surface area contributed by atoms with Crippen LogP contribution < -0.4 is 5.32 Å². The van der Waals surface area contributed by atoms with Gasteiger partial charge in [-0.15, -0.1) is 0 Å². The first kappa shape index (κ1) is 13.9. The summed E-state index contributed by atoms with van der Waals surface area (Å²) < 4.78 is 0. The smallest absolute Gasteiger partial charge is 0.0126 e. The third-order valence-electron chi connectivity index (χ3n) is 6.60. The van der Waals surface area contributed by atoms with E-state index in [1.165, 1.54) is 38.6 Å². The molecule has 6 unspecified atom stereocenters. The third kappa shape index (κ3) is 2.86. The van der Waals surface area contributed by atoms with Crippen molar-refractivity contribution in [3.05, 3.63) is 0 Å². The first-order valence-electron chi connectivity index (χ1n) is 9.05. The van der Waals surface area contributed by atoms with Gasteiger partial charge in [0.05, 0.1) is 0 Å². The SMILES string of the molecule is CCNC(C1CCCC(CC)C1)C1CC2CCC1C2. The zero-order valence-corrected chi connectivity index (χ0v) is 13.0. The highest BCUT2D eigenvalue weighted by molar-refractivity contribution is 4.98. The third-order valence-corrected chi connectivity index (χ3v) is 6.60. The van der Waals surface area contributed by atoms with Crippen molar-refractivity contribution in [3.63, 3.8) is 0 Å². The Morgan fingerprint density at radius 3 is 2.53 bits per heavy atom. The van der Waals surface area contributed by atoms with Crippen LogP contribution in [0.1, 0.15) is 71.6 Å². The normalized spacial score (nSPS) is 43.6. The summed E-state index contributed by atoms with van der Waals surface area (Å²) in [5.74, 6) is 5.22. The van der Waals surface area contributed by atoms with Crippen molar-refractivity contribution in [2.75, 3.05) is 6.54 Å². The Morgan fingerprint density at radius 2 is 1.89 bits per heavy atom. The lowest BCUT2D eigenvalue weighted by Crippen LogP contribution is -2.45. The Kier molecular flexibility index (Phi) is 4.51. The van der Waals surface area contributed by atoms with E-state index in [0.717, 1.165) is 35.6 Å². The molecule has 3 fully saturated rings. The Bertz CT molecular complexity index is 287. The van der Waals surface area contributed by atoms with Gasteiger partial charge >= 0.3 is 0 Å². The zero-order valence-electron chi connectivity index (χ0n) is 13.0. The van der Waals surface area contributed by atoms with Gasteiger partial charge in [0.1, 0.15) is 0 Å². The minimum atomic E-state index is 0.856. The molecule has 6 atom stereocenters. The maximum absolute atomic E-state index is 3.92. The molecule has 3 saturated carbocycles. The van der Waals surface area contributed by atoms with Gasteiger partial charge in [-0.1, -0.05) is 39.5 Å². The van der Waals surface area contributed by atoms with E-state index in [9.17, 15) is 0 Å². The molecule has 0 aliphatic heterocycles. The molecule has 0 amide bonds. The monoisotopic (exact) mass is 263 g/mol. The number of rotatable bonds is 5. The minimum absolute atomic E-state index is 0.856. The summed E-state index contributed by atoms with van der Waals surface area (Å²) in [5, 5.41) is 3.92. The summed E-state index contributed by atoms with van der Waals surface area (Å²) in [7, 11) is 0. The first-order valence-corrected chi connectivity index (χ1v) is 9.05. The molecule has 110 valence electrons. The van der Waals surface area contributed by atoms with Gasteiger partial charge in [0.2, 0.25) is 0 Å². The average molecular weight is 263 g/mol. The van der Waals surface area contributed by atoms with E-state index in [1.54, 1.807) is 25.7 Å². The summed E-state index contributed by atoms with van der Waals surface area (Å²) in [5.41, 5.74) is 0. The van der Waals surface area contributed by atoms with Gasteiger partial charge in [-0.3, -0.25) is 0 Å². The summed E-state index contributed by atoms with van der Waals surface area (Å²) in [6.07, 6.45) is 13.6. The van der Waals surface area contributed by atoms with E-state index in [2.05, 4.69) is 19.2 Å². The van der Waals surface area contributed by atoms with Crippen LogP contribution in [0.2, 0.25) is 0 Å². The largest absolute Gasteiger partial charge is 0.314 e. The van der Waals surface area contributed by atoms with Crippen LogP contribution in [0, 0.1) is 29.6 Å². The van der Waals surface area contributed by atoms with Crippen LogP contribution in [0.4, 0.5) is 0 Å². The zero-order chi connectivity index (χ0) is 13.2. The second kappa shape index (κ2) is 6.16. The summed E-state index contributed by atoms with van der Waals surface area (Å²) in [4.78, 5) is 0. The van der Waals surface area contributed by atoms with Crippen molar-refractivity contribution in [3.8, 4) is 0 Å². The van der Waals surface area contributed by atoms with E-state index in [0.29, 0.717) is 0 Å². The van der Waals surface area contributed by atoms with Crippen molar-refractivity contribution in [1.82, 2.24) is 5.32 Å². The molecule has 0 aromatic rings. The van der Waals surface area contributed by atoms with E-state index < -0.39 is 0 Å². The van der Waals surface area contributed by atoms with Crippen molar-refractivity contribution in [2.45, 2.75) is 77.7 Å². The van der Waals surface area contributed by atoms with E-state index >= 15 is 0 Å². The van der Waals surface area contributed by atoms with Gasteiger partial charge in [-0.05, 0) is 68.2 Å². The van der Waals surface area contributed by atoms with E-state index in [-0.39, 0.29) is 0 Å². The lowest BCUT2D eigenvalue weighted by molar-refractivity contribution is 0.137. The van der Waals surface area contributed by atoms with Gasteiger partial charge in [0.25, 0.3) is 0 Å². The molecule has 0 spiro atoms. The molecule has 1 heteroatoms. The van der Waals surface area contributed by atoms with Crippen LogP contribution >= 0.6 is 0 Å². The van der Waals surface area contributed by atoms with Gasteiger partial charge in [0.15, 0.2) is 0 Å². The molecule has 3 rings (SSSR count). The fourth-order valence-corrected chi connectivity index (χ4v) is 5.67.